The summed E-state index contributed by atoms with van der Waals surface area (Å²) in [7, 11) is 0. The molecule has 0 aromatic heterocycles. The van der Waals surface area contributed by atoms with Gasteiger partial charge in [-0.15, -0.1) is 0 Å². The summed E-state index contributed by atoms with van der Waals surface area (Å²) in [5.41, 5.74) is 5.16. The van der Waals surface area contributed by atoms with Gasteiger partial charge in [-0.1, -0.05) is 20.8 Å². The molecule has 2 atom stereocenters. The highest BCUT2D eigenvalue weighted by Gasteiger charge is 2.41. The summed E-state index contributed by atoms with van der Waals surface area (Å²) in [6.45, 7) is 6.23. The summed E-state index contributed by atoms with van der Waals surface area (Å²) in [6, 6.07) is -1.25. The van der Waals surface area contributed by atoms with Crippen LogP contribution in [0.3, 0.4) is 0 Å². The van der Waals surface area contributed by atoms with Gasteiger partial charge < -0.3 is 20.6 Å². The summed E-state index contributed by atoms with van der Waals surface area (Å²) >= 11 is 0. The van der Waals surface area contributed by atoms with Crippen LogP contribution in [0, 0.1) is 11.8 Å². The lowest BCUT2D eigenvalue weighted by atomic mass is 10.0. The fraction of sp³-hybridized carbons (Fsp3) is 0.769. The van der Waals surface area contributed by atoms with Crippen LogP contribution < -0.4 is 5.73 Å². The second kappa shape index (κ2) is 6.58. The molecule has 7 heteroatoms. The van der Waals surface area contributed by atoms with Gasteiger partial charge in [-0.25, -0.2) is 9.59 Å². The lowest BCUT2D eigenvalue weighted by Crippen LogP contribution is -2.52. The monoisotopic (exact) mass is 285 g/mol. The highest BCUT2D eigenvalue weighted by Crippen LogP contribution is 2.25. The first kappa shape index (κ1) is 16.3. The van der Waals surface area contributed by atoms with Gasteiger partial charge in [0.2, 0.25) is 5.91 Å². The number of hydrogen-bond donors (Lipinski definition) is 2. The Morgan fingerprint density at radius 1 is 1.40 bits per heavy atom. The molecule has 1 saturated heterocycles. The van der Waals surface area contributed by atoms with Gasteiger partial charge in [0.15, 0.2) is 0 Å². The van der Waals surface area contributed by atoms with Gasteiger partial charge in [0.1, 0.15) is 12.6 Å². The number of carboxylic acid groups (broad SMARTS) is 1. The van der Waals surface area contributed by atoms with Gasteiger partial charge in [0, 0.05) is 13.1 Å². The van der Waals surface area contributed by atoms with Crippen LogP contribution in [0.2, 0.25) is 0 Å². The second-order valence-electron chi connectivity index (χ2n) is 5.77. The number of likely N-dealkylation sites (tertiary alicyclic amines) is 1. The van der Waals surface area contributed by atoms with E-state index in [1.54, 1.807) is 0 Å². The fourth-order valence-corrected chi connectivity index (χ4v) is 2.56. The first-order chi connectivity index (χ1) is 9.23. The van der Waals surface area contributed by atoms with Gasteiger partial charge in [-0.2, -0.15) is 0 Å². The van der Waals surface area contributed by atoms with Crippen LogP contribution in [0.4, 0.5) is 4.79 Å². The highest BCUT2D eigenvalue weighted by molar-refractivity contribution is 5.86. The van der Waals surface area contributed by atoms with Crippen molar-refractivity contribution in [1.29, 1.82) is 0 Å². The SMILES string of the molecule is CC(C)CN(CC(N)=O)C(=O)N1CCC(C)C1C(=O)O. The molecule has 0 radical (unpaired) electrons. The van der Waals surface area contributed by atoms with Crippen LogP contribution in [0.15, 0.2) is 0 Å². The van der Waals surface area contributed by atoms with E-state index in [0.29, 0.717) is 19.5 Å². The number of rotatable bonds is 5. The predicted molar refractivity (Wildman–Crippen MR) is 72.9 cm³/mol. The van der Waals surface area contributed by atoms with E-state index in [0.717, 1.165) is 0 Å². The van der Waals surface area contributed by atoms with E-state index in [-0.39, 0.29) is 18.4 Å². The van der Waals surface area contributed by atoms with Crippen LogP contribution in [0.1, 0.15) is 27.2 Å². The molecular formula is C13H23N3O4. The van der Waals surface area contributed by atoms with Crippen molar-refractivity contribution >= 4 is 17.9 Å². The maximum absolute atomic E-state index is 12.5. The molecule has 1 aliphatic heterocycles. The Morgan fingerprint density at radius 2 is 2.00 bits per heavy atom. The molecule has 0 aromatic rings. The van der Waals surface area contributed by atoms with Crippen LogP contribution in [-0.4, -0.2) is 58.5 Å². The molecule has 1 heterocycles. The smallest absolute Gasteiger partial charge is 0.326 e. The molecule has 3 amide bonds. The second-order valence-corrected chi connectivity index (χ2v) is 5.77. The first-order valence-electron chi connectivity index (χ1n) is 6.80. The largest absolute Gasteiger partial charge is 0.480 e. The van der Waals surface area contributed by atoms with Crippen molar-refractivity contribution in [2.24, 2.45) is 17.6 Å². The van der Waals surface area contributed by atoms with E-state index in [1.807, 2.05) is 20.8 Å². The van der Waals surface area contributed by atoms with Crippen molar-refractivity contribution in [3.63, 3.8) is 0 Å². The van der Waals surface area contributed by atoms with Crippen LogP contribution in [0.5, 0.6) is 0 Å². The molecule has 0 bridgehead atoms. The summed E-state index contributed by atoms with van der Waals surface area (Å²) in [5.74, 6) is -1.53. The molecule has 0 spiro atoms. The summed E-state index contributed by atoms with van der Waals surface area (Å²) in [5, 5.41) is 9.24. The summed E-state index contributed by atoms with van der Waals surface area (Å²) in [4.78, 5) is 37.5. The lowest BCUT2D eigenvalue weighted by molar-refractivity contribution is -0.142. The number of carbonyl (C=O) groups is 3. The van der Waals surface area contributed by atoms with Crippen LogP contribution in [-0.2, 0) is 9.59 Å². The molecule has 0 aliphatic carbocycles. The molecule has 7 nitrogen and oxygen atoms in total. The number of urea groups is 1. The van der Waals surface area contributed by atoms with E-state index in [2.05, 4.69) is 0 Å². The van der Waals surface area contributed by atoms with Gasteiger partial charge >= 0.3 is 12.0 Å². The van der Waals surface area contributed by atoms with Crippen molar-refractivity contribution in [3.05, 3.63) is 0 Å². The zero-order chi connectivity index (χ0) is 15.4. The van der Waals surface area contributed by atoms with E-state index in [4.69, 9.17) is 5.73 Å². The quantitative estimate of drug-likeness (QED) is 0.760. The van der Waals surface area contributed by atoms with Crippen LogP contribution in [0.25, 0.3) is 0 Å². The Bertz CT molecular complexity index is 397. The van der Waals surface area contributed by atoms with Crippen molar-refractivity contribution in [3.8, 4) is 0 Å². The number of hydrogen-bond acceptors (Lipinski definition) is 3. The van der Waals surface area contributed by atoms with Crippen molar-refractivity contribution in [2.45, 2.75) is 33.2 Å². The van der Waals surface area contributed by atoms with Crippen molar-refractivity contribution in [2.75, 3.05) is 19.6 Å². The molecule has 0 aromatic carbocycles. The van der Waals surface area contributed by atoms with Gasteiger partial charge in [-0.3, -0.25) is 4.79 Å². The first-order valence-corrected chi connectivity index (χ1v) is 6.80. The molecular weight excluding hydrogens is 262 g/mol. The Hall–Kier alpha value is -1.79. The number of nitrogens with two attached hydrogens (primary N) is 1. The number of nitrogens with zero attached hydrogens (tertiary/aromatic N) is 2. The number of aliphatic carboxylic acids is 1. The third kappa shape index (κ3) is 3.85. The number of amides is 3. The molecule has 0 saturated carbocycles. The Morgan fingerprint density at radius 3 is 2.45 bits per heavy atom. The van der Waals surface area contributed by atoms with Gasteiger partial charge in [0.05, 0.1) is 0 Å². The molecule has 1 aliphatic rings. The minimum atomic E-state index is -1.01. The maximum atomic E-state index is 12.5. The standard InChI is InChI=1S/C13H23N3O4/c1-8(2)6-15(7-10(14)17)13(20)16-5-4-9(3)11(16)12(18)19/h8-9,11H,4-7H2,1-3H3,(H2,14,17)(H,18,19). The third-order valence-corrected chi connectivity index (χ3v) is 3.40. The number of carboxylic acids is 1. The lowest BCUT2D eigenvalue weighted by Gasteiger charge is -2.31. The van der Waals surface area contributed by atoms with E-state index in [1.165, 1.54) is 9.80 Å². The summed E-state index contributed by atoms with van der Waals surface area (Å²) in [6.07, 6.45) is 0.648. The Labute approximate surface area is 118 Å². The fourth-order valence-electron chi connectivity index (χ4n) is 2.56. The zero-order valence-corrected chi connectivity index (χ0v) is 12.2. The van der Waals surface area contributed by atoms with Crippen molar-refractivity contribution < 1.29 is 19.5 Å². The van der Waals surface area contributed by atoms with Gasteiger partial charge in [0.25, 0.3) is 0 Å². The minimum absolute atomic E-state index is 0.0917. The summed E-state index contributed by atoms with van der Waals surface area (Å²) < 4.78 is 0. The normalized spacial score (nSPS) is 22.1. The van der Waals surface area contributed by atoms with Crippen LogP contribution >= 0.6 is 0 Å². The maximum Gasteiger partial charge on any atom is 0.326 e. The molecule has 2 unspecified atom stereocenters. The Balaban J connectivity index is 2.87. The predicted octanol–water partition coefficient (Wildman–Crippen LogP) is 0.345. The molecule has 3 N–H and O–H groups in total. The average molecular weight is 285 g/mol. The van der Waals surface area contributed by atoms with Crippen molar-refractivity contribution in [1.82, 2.24) is 9.80 Å². The third-order valence-electron chi connectivity index (χ3n) is 3.40. The molecule has 1 fully saturated rings. The molecule has 114 valence electrons. The average Bonchev–Trinajstić information content (AvgIpc) is 2.68. The Kier molecular flexibility index (Phi) is 5.35. The topological polar surface area (TPSA) is 104 Å². The number of primary amides is 1. The highest BCUT2D eigenvalue weighted by atomic mass is 16.4. The minimum Gasteiger partial charge on any atom is -0.480 e. The van der Waals surface area contributed by atoms with E-state index < -0.39 is 23.9 Å². The zero-order valence-electron chi connectivity index (χ0n) is 12.2. The van der Waals surface area contributed by atoms with E-state index in [9.17, 15) is 19.5 Å². The molecule has 1 rings (SSSR count). The molecule has 20 heavy (non-hydrogen) atoms. The number of carbonyl (C=O) groups excluding carboxylic acids is 2. The van der Waals surface area contributed by atoms with Gasteiger partial charge in [-0.05, 0) is 18.3 Å². The van der Waals surface area contributed by atoms with E-state index >= 15 is 0 Å².